The zero-order valence-corrected chi connectivity index (χ0v) is 29.9. The van der Waals surface area contributed by atoms with Crippen molar-refractivity contribution in [3.8, 4) is 17.4 Å². The highest BCUT2D eigenvalue weighted by Crippen LogP contribution is 2.39. The Morgan fingerprint density at radius 2 is 1.62 bits per heavy atom. The van der Waals surface area contributed by atoms with E-state index in [4.69, 9.17) is 14.2 Å². The van der Waals surface area contributed by atoms with Crippen molar-refractivity contribution in [1.82, 2.24) is 19.8 Å². The molecule has 1 aromatic heterocycles. The van der Waals surface area contributed by atoms with E-state index in [-0.39, 0.29) is 22.9 Å². The van der Waals surface area contributed by atoms with Gasteiger partial charge < -0.3 is 24.4 Å². The number of carbonyl (C=O) groups is 2. The van der Waals surface area contributed by atoms with Crippen molar-refractivity contribution in [2.45, 2.75) is 66.0 Å². The van der Waals surface area contributed by atoms with Crippen molar-refractivity contribution < 1.29 is 32.2 Å². The van der Waals surface area contributed by atoms with E-state index in [2.05, 4.69) is 24.9 Å². The molecule has 13 nitrogen and oxygen atoms in total. The molecule has 0 saturated carbocycles. The van der Waals surface area contributed by atoms with Gasteiger partial charge in [-0.3, -0.25) is 14.4 Å². The second-order valence-electron chi connectivity index (χ2n) is 13.9. The van der Waals surface area contributed by atoms with Crippen LogP contribution < -0.4 is 19.5 Å². The van der Waals surface area contributed by atoms with Gasteiger partial charge in [0.2, 0.25) is 15.9 Å². The molecular weight excluding hydrogens is 636 g/mol. The molecule has 14 heteroatoms. The Morgan fingerprint density at radius 3 is 2.23 bits per heavy atom. The van der Waals surface area contributed by atoms with Gasteiger partial charge in [-0.25, -0.2) is 18.2 Å². The van der Waals surface area contributed by atoms with Crippen molar-refractivity contribution in [1.29, 1.82) is 0 Å². The van der Waals surface area contributed by atoms with Crippen molar-refractivity contribution in [2.75, 3.05) is 49.6 Å². The maximum atomic E-state index is 13.6. The first kappa shape index (κ1) is 36.4. The summed E-state index contributed by atoms with van der Waals surface area (Å²) in [6.45, 7) is 16.2. The summed E-state index contributed by atoms with van der Waals surface area (Å²) in [6.07, 6.45) is 2.36. The summed E-state index contributed by atoms with van der Waals surface area (Å²) in [4.78, 5) is 38.8. The number of nitrogens with zero attached hydrogens (tertiary/aromatic N) is 4. The maximum Gasteiger partial charge on any atom is 0.410 e. The number of aromatic nitrogens is 2. The predicted molar refractivity (Wildman–Crippen MR) is 184 cm³/mol. The molecule has 0 unspecified atom stereocenters. The fourth-order valence-electron chi connectivity index (χ4n) is 5.03. The summed E-state index contributed by atoms with van der Waals surface area (Å²) in [6, 6.07) is 10.2. The molecule has 1 aliphatic rings. The van der Waals surface area contributed by atoms with Gasteiger partial charge in [0.1, 0.15) is 17.2 Å². The van der Waals surface area contributed by atoms with Gasteiger partial charge >= 0.3 is 6.09 Å². The molecular formula is C34H46N6O7S. The van der Waals surface area contributed by atoms with Gasteiger partial charge in [-0.1, -0.05) is 20.8 Å². The Balaban J connectivity index is 1.48. The topological polar surface area (TPSA) is 152 Å². The molecule has 0 atom stereocenters. The number of amides is 2. The van der Waals surface area contributed by atoms with Crippen LogP contribution in [0.15, 0.2) is 42.6 Å². The van der Waals surface area contributed by atoms with Gasteiger partial charge in [0, 0.05) is 44.0 Å². The molecule has 2 N–H and O–H groups in total. The number of sulfonamides is 1. The minimum atomic E-state index is -3.62. The quantitative estimate of drug-likeness (QED) is 0.293. The lowest BCUT2D eigenvalue weighted by Crippen LogP contribution is -2.49. The molecule has 0 spiro atoms. The van der Waals surface area contributed by atoms with Gasteiger partial charge in [0.25, 0.3) is 5.91 Å². The third-order valence-corrected chi connectivity index (χ3v) is 7.90. The van der Waals surface area contributed by atoms with E-state index in [1.165, 1.54) is 7.11 Å². The summed E-state index contributed by atoms with van der Waals surface area (Å²) in [5.41, 5.74) is 1.54. The van der Waals surface area contributed by atoms with Gasteiger partial charge in [0.05, 0.1) is 31.3 Å². The first-order valence-electron chi connectivity index (χ1n) is 15.6. The lowest BCUT2D eigenvalue weighted by molar-refractivity contribution is 0.0137. The van der Waals surface area contributed by atoms with Crippen LogP contribution in [0.25, 0.3) is 0 Å². The molecule has 2 amide bonds. The standard InChI is InChI=1S/C34H46N6O7S/c1-22-16-23(31(41)36-26-19-24(33(2,3)4)20-27(30(26)45-8)38-48(9,43)44)18-25(17-22)46-29-10-11-35-28(37-29)21-39-12-14-40(15-13-39)32(42)47-34(5,6)7/h10-11,16-20,38H,12-15,21H2,1-9H3,(H,36,41). The average Bonchev–Trinajstić information content (AvgIpc) is 2.95. The molecule has 2 aromatic carbocycles. The molecule has 0 aliphatic carbocycles. The number of ether oxygens (including phenoxy) is 3. The summed E-state index contributed by atoms with van der Waals surface area (Å²) in [7, 11) is -2.21. The van der Waals surface area contributed by atoms with Crippen LogP contribution >= 0.6 is 0 Å². The molecule has 0 bridgehead atoms. The normalized spacial score (nSPS) is 14.3. The number of carbonyl (C=O) groups excluding carboxylic acids is 2. The number of benzene rings is 2. The van der Waals surface area contributed by atoms with Gasteiger partial charge in [-0.2, -0.15) is 4.98 Å². The fourth-order valence-corrected chi connectivity index (χ4v) is 5.58. The van der Waals surface area contributed by atoms with E-state index in [0.29, 0.717) is 61.4 Å². The van der Waals surface area contributed by atoms with Crippen LogP contribution in [0.2, 0.25) is 0 Å². The van der Waals surface area contributed by atoms with E-state index in [1.807, 2.05) is 48.5 Å². The average molecular weight is 683 g/mol. The SMILES string of the molecule is COc1c(NC(=O)c2cc(C)cc(Oc3ccnc(CN4CCN(C(=O)OC(C)(C)C)CC4)n3)c2)cc(C(C)(C)C)cc1NS(C)(=O)=O. The third kappa shape index (κ3) is 10.3. The fraction of sp³-hybridized carbons (Fsp3) is 0.471. The minimum absolute atomic E-state index is 0.186. The molecule has 48 heavy (non-hydrogen) atoms. The van der Waals surface area contributed by atoms with Crippen LogP contribution in [-0.4, -0.2) is 85.3 Å². The number of hydrogen-bond acceptors (Lipinski definition) is 10. The molecule has 1 aliphatic heterocycles. The molecule has 2 heterocycles. The highest BCUT2D eigenvalue weighted by atomic mass is 32.2. The van der Waals surface area contributed by atoms with Crippen molar-refractivity contribution >= 4 is 33.4 Å². The predicted octanol–water partition coefficient (Wildman–Crippen LogP) is 5.56. The second-order valence-corrected chi connectivity index (χ2v) is 15.6. The Bertz CT molecular complexity index is 1760. The van der Waals surface area contributed by atoms with E-state index < -0.39 is 21.5 Å². The Kier molecular flexibility index (Phi) is 10.9. The summed E-state index contributed by atoms with van der Waals surface area (Å²) in [5, 5.41) is 2.89. The second kappa shape index (κ2) is 14.4. The van der Waals surface area contributed by atoms with Gasteiger partial charge in [-0.15, -0.1) is 0 Å². The first-order valence-corrected chi connectivity index (χ1v) is 17.5. The van der Waals surface area contributed by atoms with Crippen LogP contribution in [-0.2, 0) is 26.7 Å². The zero-order chi connectivity index (χ0) is 35.4. The van der Waals surface area contributed by atoms with E-state index in [0.717, 1.165) is 17.4 Å². The van der Waals surface area contributed by atoms with Crippen LogP contribution in [0.5, 0.6) is 17.4 Å². The molecule has 260 valence electrons. The summed E-state index contributed by atoms with van der Waals surface area (Å²) < 4.78 is 43.8. The smallest absolute Gasteiger partial charge is 0.410 e. The minimum Gasteiger partial charge on any atom is -0.492 e. The third-order valence-electron chi connectivity index (χ3n) is 7.31. The largest absolute Gasteiger partial charge is 0.492 e. The van der Waals surface area contributed by atoms with Crippen LogP contribution in [0.1, 0.15) is 68.9 Å². The number of anilines is 2. The molecule has 1 fully saturated rings. The number of hydrogen-bond donors (Lipinski definition) is 2. The van der Waals surface area contributed by atoms with E-state index >= 15 is 0 Å². The number of aryl methyl sites for hydroxylation is 1. The van der Waals surface area contributed by atoms with Crippen molar-refractivity contribution in [2.24, 2.45) is 0 Å². The van der Waals surface area contributed by atoms with Crippen LogP contribution in [0.4, 0.5) is 16.2 Å². The van der Waals surface area contributed by atoms with Crippen LogP contribution in [0.3, 0.4) is 0 Å². The number of piperazine rings is 1. The monoisotopic (exact) mass is 682 g/mol. The highest BCUT2D eigenvalue weighted by molar-refractivity contribution is 7.92. The van der Waals surface area contributed by atoms with Gasteiger partial charge in [0.15, 0.2) is 5.75 Å². The number of nitrogens with one attached hydrogen (secondary N) is 2. The zero-order valence-electron chi connectivity index (χ0n) is 29.1. The lowest BCUT2D eigenvalue weighted by atomic mass is 9.86. The molecule has 4 rings (SSSR count). The number of rotatable bonds is 9. The van der Waals surface area contributed by atoms with Crippen molar-refractivity contribution in [3.05, 3.63) is 65.1 Å². The Morgan fingerprint density at radius 1 is 0.958 bits per heavy atom. The molecule has 1 saturated heterocycles. The van der Waals surface area contributed by atoms with Crippen molar-refractivity contribution in [3.63, 3.8) is 0 Å². The number of methoxy groups -OCH3 is 1. The Labute approximate surface area is 283 Å². The Hall–Kier alpha value is -4.43. The molecule has 3 aromatic rings. The van der Waals surface area contributed by atoms with Crippen LogP contribution in [0, 0.1) is 6.92 Å². The first-order chi connectivity index (χ1) is 22.3. The lowest BCUT2D eigenvalue weighted by Gasteiger charge is -2.35. The van der Waals surface area contributed by atoms with E-state index in [9.17, 15) is 18.0 Å². The molecule has 0 radical (unpaired) electrons. The summed E-state index contributed by atoms with van der Waals surface area (Å²) in [5.74, 6) is 1.04. The maximum absolute atomic E-state index is 13.6. The van der Waals surface area contributed by atoms with Gasteiger partial charge in [-0.05, 0) is 74.6 Å². The van der Waals surface area contributed by atoms with E-state index in [1.54, 1.807) is 47.5 Å². The summed E-state index contributed by atoms with van der Waals surface area (Å²) >= 11 is 0. The highest BCUT2D eigenvalue weighted by Gasteiger charge is 2.27.